The molecule has 96 valence electrons. The van der Waals surface area contributed by atoms with Crippen LogP contribution in [0.5, 0.6) is 0 Å². The Balaban J connectivity index is 1.82. The third-order valence-corrected chi connectivity index (χ3v) is 3.45. The van der Waals surface area contributed by atoms with Crippen LogP contribution in [-0.2, 0) is 0 Å². The molecule has 20 heavy (non-hydrogen) atoms. The number of nitrogens with zero attached hydrogens (tertiary/aromatic N) is 3. The van der Waals surface area contributed by atoms with Crippen molar-refractivity contribution in [2.75, 3.05) is 0 Å². The first-order valence-corrected chi connectivity index (χ1v) is 7.02. The fourth-order valence-electron chi connectivity index (χ4n) is 1.71. The van der Waals surface area contributed by atoms with E-state index in [-0.39, 0.29) is 0 Å². The Bertz CT molecular complexity index is 765. The van der Waals surface area contributed by atoms with E-state index in [4.69, 9.17) is 0 Å². The Morgan fingerprint density at radius 3 is 2.35 bits per heavy atom. The molecule has 3 rings (SSSR count). The lowest BCUT2D eigenvalue weighted by atomic mass is 10.1. The highest BCUT2D eigenvalue weighted by Gasteiger charge is 1.99. The average molecular weight is 277 g/mol. The predicted octanol–water partition coefficient (Wildman–Crippen LogP) is 3.31. The molecular weight excluding hydrogens is 266 g/mol. The van der Waals surface area contributed by atoms with Crippen LogP contribution in [0.25, 0.3) is 11.3 Å². The second-order valence-electron chi connectivity index (χ2n) is 4.17. The topological polar surface area (TPSA) is 38.7 Å². The summed E-state index contributed by atoms with van der Waals surface area (Å²) >= 11 is 1.59. The third kappa shape index (κ3) is 2.90. The van der Waals surface area contributed by atoms with E-state index in [1.54, 1.807) is 11.3 Å². The Morgan fingerprint density at radius 1 is 0.900 bits per heavy atom. The van der Waals surface area contributed by atoms with Crippen molar-refractivity contribution < 1.29 is 0 Å². The number of benzene rings is 1. The van der Waals surface area contributed by atoms with Crippen LogP contribution in [0.3, 0.4) is 0 Å². The van der Waals surface area contributed by atoms with E-state index in [1.807, 2.05) is 54.8 Å². The second-order valence-corrected chi connectivity index (χ2v) is 5.23. The predicted molar refractivity (Wildman–Crippen MR) is 80.3 cm³/mol. The number of hydrogen-bond donors (Lipinski definition) is 0. The quantitative estimate of drug-likeness (QED) is 0.641. The molecule has 0 amide bonds. The normalized spacial score (nSPS) is 9.85. The van der Waals surface area contributed by atoms with Crippen molar-refractivity contribution in [3.63, 3.8) is 0 Å². The second kappa shape index (κ2) is 5.64. The summed E-state index contributed by atoms with van der Waals surface area (Å²) < 4.78 is 0. The smallest absolute Gasteiger partial charge is 0.136 e. The van der Waals surface area contributed by atoms with Crippen molar-refractivity contribution in [1.82, 2.24) is 15.2 Å². The summed E-state index contributed by atoms with van der Waals surface area (Å²) in [5, 5.41) is 11.3. The van der Waals surface area contributed by atoms with Gasteiger partial charge in [0.1, 0.15) is 11.4 Å². The highest BCUT2D eigenvalue weighted by Crippen LogP contribution is 2.14. The Hall–Kier alpha value is -2.51. The molecule has 4 heteroatoms. The van der Waals surface area contributed by atoms with Gasteiger partial charge < -0.3 is 0 Å². The maximum absolute atomic E-state index is 4.29. The Labute approximate surface area is 121 Å². The van der Waals surface area contributed by atoms with Crippen LogP contribution < -0.4 is 0 Å². The van der Waals surface area contributed by atoms with Gasteiger partial charge in [-0.2, -0.15) is 0 Å². The molecule has 2 aromatic heterocycles. The van der Waals surface area contributed by atoms with Crippen LogP contribution in [0.4, 0.5) is 0 Å². The van der Waals surface area contributed by atoms with Crippen LogP contribution in [0.1, 0.15) is 16.4 Å². The molecule has 0 radical (unpaired) electrons. The van der Waals surface area contributed by atoms with Gasteiger partial charge in [-0.05, 0) is 30.9 Å². The number of aryl methyl sites for hydroxylation is 1. The van der Waals surface area contributed by atoms with Crippen molar-refractivity contribution in [3.8, 4) is 23.1 Å². The molecule has 3 aromatic rings. The molecule has 0 atom stereocenters. The molecule has 0 bridgehead atoms. The van der Waals surface area contributed by atoms with E-state index in [9.17, 15) is 0 Å². The molecule has 0 saturated carbocycles. The maximum Gasteiger partial charge on any atom is 0.136 e. The zero-order chi connectivity index (χ0) is 13.8. The van der Waals surface area contributed by atoms with Gasteiger partial charge >= 0.3 is 0 Å². The van der Waals surface area contributed by atoms with E-state index >= 15 is 0 Å². The van der Waals surface area contributed by atoms with Crippen LogP contribution in [0.15, 0.2) is 47.8 Å². The van der Waals surface area contributed by atoms with Crippen molar-refractivity contribution in [3.05, 3.63) is 64.2 Å². The summed E-state index contributed by atoms with van der Waals surface area (Å²) in [5.74, 6) is 5.96. The van der Waals surface area contributed by atoms with Gasteiger partial charge in [0.05, 0.1) is 10.7 Å². The minimum absolute atomic E-state index is 0.648. The van der Waals surface area contributed by atoms with Crippen molar-refractivity contribution in [2.24, 2.45) is 0 Å². The molecule has 0 fully saturated rings. The number of hydrogen-bond acceptors (Lipinski definition) is 4. The fourth-order valence-corrected chi connectivity index (χ4v) is 2.26. The zero-order valence-electron chi connectivity index (χ0n) is 10.9. The summed E-state index contributed by atoms with van der Waals surface area (Å²) in [7, 11) is 0. The van der Waals surface area contributed by atoms with Gasteiger partial charge in [0.25, 0.3) is 0 Å². The molecular formula is C16H11N3S. The SMILES string of the molecule is Cc1nc(C#Cc2ccc(-c3ccccc3)nn2)cs1. The van der Waals surface area contributed by atoms with Crippen LogP contribution in [0, 0.1) is 18.8 Å². The lowest BCUT2D eigenvalue weighted by Gasteiger charge is -1.98. The average Bonchev–Trinajstić information content (AvgIpc) is 2.92. The monoisotopic (exact) mass is 277 g/mol. The first kappa shape index (κ1) is 12.5. The molecule has 0 spiro atoms. The molecule has 3 nitrogen and oxygen atoms in total. The molecule has 0 N–H and O–H groups in total. The lowest BCUT2D eigenvalue weighted by molar-refractivity contribution is 1.02. The summed E-state index contributed by atoms with van der Waals surface area (Å²) in [6.07, 6.45) is 0. The maximum atomic E-state index is 4.29. The minimum atomic E-state index is 0.648. The summed E-state index contributed by atoms with van der Waals surface area (Å²) in [6.45, 7) is 1.96. The summed E-state index contributed by atoms with van der Waals surface area (Å²) in [6, 6.07) is 13.8. The van der Waals surface area contributed by atoms with Crippen LogP contribution >= 0.6 is 11.3 Å². The molecule has 0 aliphatic heterocycles. The van der Waals surface area contributed by atoms with E-state index in [2.05, 4.69) is 27.0 Å². The molecule has 2 heterocycles. The first-order valence-electron chi connectivity index (χ1n) is 6.14. The van der Waals surface area contributed by atoms with Gasteiger partial charge in [-0.3, -0.25) is 0 Å². The number of rotatable bonds is 1. The highest BCUT2D eigenvalue weighted by molar-refractivity contribution is 7.09. The minimum Gasteiger partial charge on any atom is -0.233 e. The summed E-state index contributed by atoms with van der Waals surface area (Å²) in [4.78, 5) is 4.29. The summed E-state index contributed by atoms with van der Waals surface area (Å²) in [5.41, 5.74) is 3.33. The highest BCUT2D eigenvalue weighted by atomic mass is 32.1. The molecule has 0 aliphatic carbocycles. The number of aromatic nitrogens is 3. The van der Waals surface area contributed by atoms with Gasteiger partial charge in [-0.15, -0.1) is 21.5 Å². The molecule has 0 saturated heterocycles. The molecule has 0 aliphatic rings. The largest absolute Gasteiger partial charge is 0.233 e. The van der Waals surface area contributed by atoms with Crippen molar-refractivity contribution >= 4 is 11.3 Å². The van der Waals surface area contributed by atoms with Gasteiger partial charge in [-0.25, -0.2) is 4.98 Å². The number of thiazole rings is 1. The first-order chi connectivity index (χ1) is 9.81. The van der Waals surface area contributed by atoms with Crippen LogP contribution in [-0.4, -0.2) is 15.2 Å². The van der Waals surface area contributed by atoms with Gasteiger partial charge in [-0.1, -0.05) is 30.3 Å². The standard InChI is InChI=1S/C16H11N3S/c1-12-17-15(11-20-12)8-7-14-9-10-16(19-18-14)13-5-3-2-4-6-13/h2-6,9-11H,1H3. The van der Waals surface area contributed by atoms with Crippen molar-refractivity contribution in [2.45, 2.75) is 6.92 Å². The Morgan fingerprint density at radius 2 is 1.70 bits per heavy atom. The van der Waals surface area contributed by atoms with E-state index in [1.165, 1.54) is 0 Å². The van der Waals surface area contributed by atoms with Crippen molar-refractivity contribution in [1.29, 1.82) is 0 Å². The van der Waals surface area contributed by atoms with E-state index in [0.717, 1.165) is 22.0 Å². The van der Waals surface area contributed by atoms with Crippen LogP contribution in [0.2, 0.25) is 0 Å². The fraction of sp³-hybridized carbons (Fsp3) is 0.0625. The molecule has 0 unspecified atom stereocenters. The molecule has 1 aromatic carbocycles. The van der Waals surface area contributed by atoms with Gasteiger partial charge in [0, 0.05) is 10.9 Å². The Kier molecular flexibility index (Phi) is 3.53. The third-order valence-electron chi connectivity index (χ3n) is 2.67. The van der Waals surface area contributed by atoms with Gasteiger partial charge in [0.15, 0.2) is 0 Å². The zero-order valence-corrected chi connectivity index (χ0v) is 11.7. The van der Waals surface area contributed by atoms with E-state index < -0.39 is 0 Å². The lowest BCUT2D eigenvalue weighted by Crippen LogP contribution is -1.90. The van der Waals surface area contributed by atoms with Gasteiger partial charge in [0.2, 0.25) is 0 Å². The van der Waals surface area contributed by atoms with E-state index in [0.29, 0.717) is 5.69 Å².